The van der Waals surface area contributed by atoms with Crippen molar-refractivity contribution in [1.82, 2.24) is 4.90 Å². The van der Waals surface area contributed by atoms with Crippen molar-refractivity contribution in [2.75, 3.05) is 37.7 Å². The second-order valence-electron chi connectivity index (χ2n) is 3.91. The largest absolute Gasteiger partial charge is 0.377 e. The Morgan fingerprint density at radius 1 is 1.29 bits per heavy atom. The molecule has 1 aliphatic rings. The topological polar surface area (TPSA) is 46.6 Å². The summed E-state index contributed by atoms with van der Waals surface area (Å²) in [5.41, 5.74) is 0. The molecule has 1 heterocycles. The number of hydrogen-bond donors (Lipinski definition) is 0. The molecule has 84 valence electrons. The van der Waals surface area contributed by atoms with Crippen LogP contribution in [0.15, 0.2) is 0 Å². The first-order chi connectivity index (χ1) is 6.49. The van der Waals surface area contributed by atoms with Gasteiger partial charge < -0.3 is 4.74 Å². The first-order valence-corrected chi connectivity index (χ1v) is 6.86. The van der Waals surface area contributed by atoms with Crippen LogP contribution in [0.1, 0.15) is 13.8 Å². The van der Waals surface area contributed by atoms with E-state index in [1.165, 1.54) is 0 Å². The predicted molar refractivity (Wildman–Crippen MR) is 56.2 cm³/mol. The first kappa shape index (κ1) is 11.9. The van der Waals surface area contributed by atoms with Gasteiger partial charge in [0.1, 0.15) is 0 Å². The molecule has 0 unspecified atom stereocenters. The summed E-state index contributed by atoms with van der Waals surface area (Å²) in [6.45, 7) is 6.85. The summed E-state index contributed by atoms with van der Waals surface area (Å²) in [5, 5.41) is 0. The molecule has 0 saturated carbocycles. The van der Waals surface area contributed by atoms with Crippen molar-refractivity contribution < 1.29 is 13.2 Å². The zero-order valence-electron chi connectivity index (χ0n) is 8.90. The minimum atomic E-state index is -2.74. The molecule has 1 rings (SSSR count). The van der Waals surface area contributed by atoms with Crippen LogP contribution in [-0.4, -0.2) is 57.2 Å². The van der Waals surface area contributed by atoms with E-state index in [0.717, 1.165) is 6.54 Å². The molecule has 4 nitrogen and oxygen atoms in total. The van der Waals surface area contributed by atoms with Crippen LogP contribution in [0.3, 0.4) is 0 Å². The standard InChI is InChI=1S/C9H19NO3S/c1-9(2)13-6-3-10-4-7-14(11,12)8-5-10/h9H,3-8H2,1-2H3. The number of ether oxygens (including phenoxy) is 1. The average Bonchev–Trinajstić information content (AvgIpc) is 2.07. The monoisotopic (exact) mass is 221 g/mol. The van der Waals surface area contributed by atoms with Crippen LogP contribution in [0.4, 0.5) is 0 Å². The van der Waals surface area contributed by atoms with Crippen LogP contribution >= 0.6 is 0 Å². The van der Waals surface area contributed by atoms with Crippen LogP contribution in [0, 0.1) is 0 Å². The molecule has 14 heavy (non-hydrogen) atoms. The highest BCUT2D eigenvalue weighted by Crippen LogP contribution is 2.03. The van der Waals surface area contributed by atoms with Crippen molar-refractivity contribution >= 4 is 9.84 Å². The summed E-state index contributed by atoms with van der Waals surface area (Å²) in [7, 11) is -2.74. The van der Waals surface area contributed by atoms with Crippen LogP contribution in [0.5, 0.6) is 0 Å². The number of rotatable bonds is 4. The summed E-state index contributed by atoms with van der Waals surface area (Å²) < 4.78 is 27.6. The van der Waals surface area contributed by atoms with Crippen molar-refractivity contribution in [2.24, 2.45) is 0 Å². The Kier molecular flexibility index (Phi) is 4.34. The molecule has 0 bridgehead atoms. The molecule has 0 radical (unpaired) electrons. The van der Waals surface area contributed by atoms with Crippen LogP contribution in [-0.2, 0) is 14.6 Å². The van der Waals surface area contributed by atoms with Crippen LogP contribution < -0.4 is 0 Å². The SMILES string of the molecule is CC(C)OCCN1CCS(=O)(=O)CC1. The Balaban J connectivity index is 2.16. The fourth-order valence-corrected chi connectivity index (χ4v) is 2.67. The molecular weight excluding hydrogens is 202 g/mol. The molecular formula is C9H19NO3S. The average molecular weight is 221 g/mol. The van der Waals surface area contributed by atoms with Crippen molar-refractivity contribution in [3.63, 3.8) is 0 Å². The van der Waals surface area contributed by atoms with Gasteiger partial charge in [-0.25, -0.2) is 8.42 Å². The lowest BCUT2D eigenvalue weighted by Crippen LogP contribution is -2.41. The van der Waals surface area contributed by atoms with E-state index in [2.05, 4.69) is 4.90 Å². The van der Waals surface area contributed by atoms with Gasteiger partial charge in [0.05, 0.1) is 24.2 Å². The second-order valence-corrected chi connectivity index (χ2v) is 6.22. The van der Waals surface area contributed by atoms with Gasteiger partial charge in [0.25, 0.3) is 0 Å². The quantitative estimate of drug-likeness (QED) is 0.677. The molecule has 0 aromatic rings. The predicted octanol–water partition coefficient (Wildman–Crippen LogP) is 0.142. The van der Waals surface area contributed by atoms with Crippen LogP contribution in [0.25, 0.3) is 0 Å². The molecule has 0 spiro atoms. The zero-order valence-corrected chi connectivity index (χ0v) is 9.72. The zero-order chi connectivity index (χ0) is 10.6. The first-order valence-electron chi connectivity index (χ1n) is 5.04. The molecule has 5 heteroatoms. The van der Waals surface area contributed by atoms with E-state index in [1.807, 2.05) is 13.8 Å². The molecule has 1 fully saturated rings. The third kappa shape index (κ3) is 4.39. The maximum atomic E-state index is 11.1. The fourth-order valence-electron chi connectivity index (χ4n) is 1.39. The molecule has 0 aromatic heterocycles. The summed E-state index contributed by atoms with van der Waals surface area (Å²) in [5.74, 6) is 0.601. The van der Waals surface area contributed by atoms with Gasteiger partial charge in [-0.2, -0.15) is 0 Å². The highest BCUT2D eigenvalue weighted by molar-refractivity contribution is 7.91. The van der Waals surface area contributed by atoms with E-state index in [0.29, 0.717) is 31.2 Å². The Morgan fingerprint density at radius 2 is 1.86 bits per heavy atom. The minimum Gasteiger partial charge on any atom is -0.377 e. The van der Waals surface area contributed by atoms with Gasteiger partial charge in [0, 0.05) is 19.6 Å². The molecule has 0 aromatic carbocycles. The number of hydrogen-bond acceptors (Lipinski definition) is 4. The highest BCUT2D eigenvalue weighted by atomic mass is 32.2. The number of sulfone groups is 1. The Labute approximate surface area is 86.2 Å². The van der Waals surface area contributed by atoms with Crippen molar-refractivity contribution in [3.05, 3.63) is 0 Å². The molecule has 0 N–H and O–H groups in total. The Morgan fingerprint density at radius 3 is 2.36 bits per heavy atom. The van der Waals surface area contributed by atoms with Crippen molar-refractivity contribution in [3.8, 4) is 0 Å². The third-order valence-corrected chi connectivity index (χ3v) is 3.90. The normalized spacial score (nSPS) is 22.8. The lowest BCUT2D eigenvalue weighted by atomic mass is 10.4. The summed E-state index contributed by atoms with van der Waals surface area (Å²) in [6.07, 6.45) is 0.253. The molecule has 1 aliphatic heterocycles. The molecule has 0 atom stereocenters. The summed E-state index contributed by atoms with van der Waals surface area (Å²) >= 11 is 0. The molecule has 0 amide bonds. The van der Waals surface area contributed by atoms with E-state index in [9.17, 15) is 8.42 Å². The van der Waals surface area contributed by atoms with Gasteiger partial charge in [-0.3, -0.25) is 4.90 Å². The van der Waals surface area contributed by atoms with Crippen molar-refractivity contribution in [2.45, 2.75) is 20.0 Å². The smallest absolute Gasteiger partial charge is 0.152 e. The third-order valence-electron chi connectivity index (χ3n) is 2.30. The van der Waals surface area contributed by atoms with Crippen LogP contribution in [0.2, 0.25) is 0 Å². The van der Waals surface area contributed by atoms with E-state index in [-0.39, 0.29) is 6.10 Å². The van der Waals surface area contributed by atoms with Gasteiger partial charge >= 0.3 is 0 Å². The number of nitrogens with zero attached hydrogens (tertiary/aromatic N) is 1. The van der Waals surface area contributed by atoms with E-state index >= 15 is 0 Å². The van der Waals surface area contributed by atoms with Gasteiger partial charge in [0.15, 0.2) is 9.84 Å². The fraction of sp³-hybridized carbons (Fsp3) is 1.00. The van der Waals surface area contributed by atoms with E-state index < -0.39 is 9.84 Å². The van der Waals surface area contributed by atoms with Gasteiger partial charge in [0.2, 0.25) is 0 Å². The minimum absolute atomic E-state index is 0.253. The lowest BCUT2D eigenvalue weighted by molar-refractivity contribution is 0.0607. The van der Waals surface area contributed by atoms with Crippen molar-refractivity contribution in [1.29, 1.82) is 0 Å². The summed E-state index contributed by atoms with van der Waals surface area (Å²) in [4.78, 5) is 2.14. The van der Waals surface area contributed by atoms with E-state index in [4.69, 9.17) is 4.74 Å². The van der Waals surface area contributed by atoms with Gasteiger partial charge in [-0.05, 0) is 13.8 Å². The summed E-state index contributed by atoms with van der Waals surface area (Å²) in [6, 6.07) is 0. The molecule has 1 saturated heterocycles. The van der Waals surface area contributed by atoms with Gasteiger partial charge in [-0.1, -0.05) is 0 Å². The lowest BCUT2D eigenvalue weighted by Gasteiger charge is -2.26. The Bertz CT molecular complexity index is 247. The second kappa shape index (κ2) is 5.09. The Hall–Kier alpha value is -0.130. The maximum Gasteiger partial charge on any atom is 0.152 e. The maximum absolute atomic E-state index is 11.1. The van der Waals surface area contributed by atoms with E-state index in [1.54, 1.807) is 0 Å². The highest BCUT2D eigenvalue weighted by Gasteiger charge is 2.20. The molecule has 0 aliphatic carbocycles. The van der Waals surface area contributed by atoms with Gasteiger partial charge in [-0.15, -0.1) is 0 Å².